The van der Waals surface area contributed by atoms with Gasteiger partial charge in [0.2, 0.25) is 0 Å². The second-order valence-corrected chi connectivity index (χ2v) is 5.58. The Morgan fingerprint density at radius 2 is 2.35 bits per heavy atom. The van der Waals surface area contributed by atoms with Gasteiger partial charge >= 0.3 is 0 Å². The van der Waals surface area contributed by atoms with E-state index in [1.54, 1.807) is 0 Å². The maximum absolute atomic E-state index is 6.34. The molecule has 0 radical (unpaired) electrons. The minimum atomic E-state index is 0.290. The zero-order chi connectivity index (χ0) is 12.3. The number of rotatable bonds is 5. The summed E-state index contributed by atoms with van der Waals surface area (Å²) in [6, 6.07) is 0.290. The summed E-state index contributed by atoms with van der Waals surface area (Å²) in [5.74, 6) is 2.73. The van der Waals surface area contributed by atoms with E-state index in [1.165, 1.54) is 25.1 Å². The Balaban J connectivity index is 1.93. The van der Waals surface area contributed by atoms with Crippen LogP contribution in [0.2, 0.25) is 0 Å². The van der Waals surface area contributed by atoms with Crippen molar-refractivity contribution in [2.45, 2.75) is 58.5 Å². The van der Waals surface area contributed by atoms with E-state index >= 15 is 0 Å². The molecular formula is C14H25N3. The van der Waals surface area contributed by atoms with Crippen LogP contribution in [-0.2, 0) is 13.0 Å². The smallest absolute Gasteiger partial charge is 0.110 e. The Bertz CT molecular complexity index is 345. The number of nitrogens with two attached hydrogens (primary N) is 1. The van der Waals surface area contributed by atoms with Gasteiger partial charge in [0, 0.05) is 31.4 Å². The normalized spacial score (nSPS) is 26.3. The van der Waals surface area contributed by atoms with Crippen LogP contribution in [0.4, 0.5) is 0 Å². The van der Waals surface area contributed by atoms with Crippen molar-refractivity contribution in [1.82, 2.24) is 9.55 Å². The number of imidazole rings is 1. The average Bonchev–Trinajstić information content (AvgIpc) is 2.89. The molecule has 1 aliphatic carbocycles. The Morgan fingerprint density at radius 3 is 3.00 bits per heavy atom. The quantitative estimate of drug-likeness (QED) is 0.852. The molecule has 2 rings (SSSR count). The monoisotopic (exact) mass is 235 g/mol. The molecule has 1 aromatic heterocycles. The highest BCUT2D eigenvalue weighted by atomic mass is 15.1. The Kier molecular flexibility index (Phi) is 4.21. The summed E-state index contributed by atoms with van der Waals surface area (Å²) in [4.78, 5) is 4.45. The molecule has 1 aromatic rings. The fourth-order valence-corrected chi connectivity index (χ4v) is 2.99. The van der Waals surface area contributed by atoms with Gasteiger partial charge in [0.05, 0.1) is 0 Å². The number of nitrogens with zero attached hydrogens (tertiary/aromatic N) is 2. The minimum absolute atomic E-state index is 0.290. The van der Waals surface area contributed by atoms with Crippen molar-refractivity contribution in [3.8, 4) is 0 Å². The number of aryl methyl sites for hydroxylation is 1. The van der Waals surface area contributed by atoms with Crippen LogP contribution in [0.5, 0.6) is 0 Å². The van der Waals surface area contributed by atoms with E-state index < -0.39 is 0 Å². The lowest BCUT2D eigenvalue weighted by molar-refractivity contribution is 0.404. The van der Waals surface area contributed by atoms with Crippen LogP contribution in [-0.4, -0.2) is 15.6 Å². The lowest BCUT2D eigenvalue weighted by Gasteiger charge is -2.19. The van der Waals surface area contributed by atoms with E-state index in [-0.39, 0.29) is 6.04 Å². The van der Waals surface area contributed by atoms with Crippen LogP contribution in [0.15, 0.2) is 12.4 Å². The number of hydrogen-bond donors (Lipinski definition) is 1. The van der Waals surface area contributed by atoms with E-state index in [1.807, 2.05) is 6.20 Å². The van der Waals surface area contributed by atoms with Gasteiger partial charge in [-0.3, -0.25) is 0 Å². The molecule has 17 heavy (non-hydrogen) atoms. The van der Waals surface area contributed by atoms with Gasteiger partial charge in [-0.2, -0.15) is 0 Å². The SMILES string of the molecule is CCCn1ccnc1CC(N)C1CCC(C)C1. The summed E-state index contributed by atoms with van der Waals surface area (Å²) < 4.78 is 2.25. The second kappa shape index (κ2) is 5.67. The van der Waals surface area contributed by atoms with Crippen molar-refractivity contribution in [3.63, 3.8) is 0 Å². The highest BCUT2D eigenvalue weighted by Gasteiger charge is 2.27. The van der Waals surface area contributed by atoms with Gasteiger partial charge in [0.25, 0.3) is 0 Å². The van der Waals surface area contributed by atoms with Crippen molar-refractivity contribution >= 4 is 0 Å². The van der Waals surface area contributed by atoms with E-state index in [2.05, 4.69) is 29.6 Å². The van der Waals surface area contributed by atoms with Gasteiger partial charge < -0.3 is 10.3 Å². The molecule has 3 nitrogen and oxygen atoms in total. The highest BCUT2D eigenvalue weighted by Crippen LogP contribution is 2.32. The topological polar surface area (TPSA) is 43.8 Å². The number of hydrogen-bond acceptors (Lipinski definition) is 2. The van der Waals surface area contributed by atoms with Gasteiger partial charge in [0.15, 0.2) is 0 Å². The third-order valence-corrected chi connectivity index (χ3v) is 4.03. The summed E-state index contributed by atoms with van der Waals surface area (Å²) in [5, 5.41) is 0. The first-order valence-corrected chi connectivity index (χ1v) is 6.96. The van der Waals surface area contributed by atoms with Crippen molar-refractivity contribution < 1.29 is 0 Å². The van der Waals surface area contributed by atoms with Gasteiger partial charge in [-0.05, 0) is 31.1 Å². The Labute approximate surface area is 104 Å². The molecule has 1 heterocycles. The van der Waals surface area contributed by atoms with Gasteiger partial charge in [0.1, 0.15) is 5.82 Å². The third kappa shape index (κ3) is 3.09. The molecule has 3 unspecified atom stereocenters. The molecule has 0 saturated heterocycles. The van der Waals surface area contributed by atoms with Crippen molar-refractivity contribution in [2.75, 3.05) is 0 Å². The molecule has 3 heteroatoms. The fourth-order valence-electron chi connectivity index (χ4n) is 2.99. The fraction of sp³-hybridized carbons (Fsp3) is 0.786. The Hall–Kier alpha value is -0.830. The predicted molar refractivity (Wildman–Crippen MR) is 70.7 cm³/mol. The van der Waals surface area contributed by atoms with Crippen molar-refractivity contribution in [3.05, 3.63) is 18.2 Å². The maximum atomic E-state index is 6.34. The van der Waals surface area contributed by atoms with E-state index in [0.29, 0.717) is 5.92 Å². The van der Waals surface area contributed by atoms with Crippen LogP contribution in [0.1, 0.15) is 45.4 Å². The maximum Gasteiger partial charge on any atom is 0.110 e. The molecule has 96 valence electrons. The summed E-state index contributed by atoms with van der Waals surface area (Å²) in [5.41, 5.74) is 6.34. The van der Waals surface area contributed by atoms with Crippen LogP contribution < -0.4 is 5.73 Å². The average molecular weight is 235 g/mol. The summed E-state index contributed by atoms with van der Waals surface area (Å²) in [6.07, 6.45) is 10.0. The first-order chi connectivity index (χ1) is 8.20. The van der Waals surface area contributed by atoms with E-state index in [9.17, 15) is 0 Å². The second-order valence-electron chi connectivity index (χ2n) is 5.58. The minimum Gasteiger partial charge on any atom is -0.335 e. The molecule has 0 spiro atoms. The van der Waals surface area contributed by atoms with Gasteiger partial charge in [-0.25, -0.2) is 4.98 Å². The summed E-state index contributed by atoms with van der Waals surface area (Å²) >= 11 is 0. The molecular weight excluding hydrogens is 210 g/mol. The molecule has 0 bridgehead atoms. The molecule has 2 N–H and O–H groups in total. The lowest BCUT2D eigenvalue weighted by atomic mass is 9.95. The van der Waals surface area contributed by atoms with Crippen LogP contribution in [0, 0.1) is 11.8 Å². The third-order valence-electron chi connectivity index (χ3n) is 4.03. The first-order valence-electron chi connectivity index (χ1n) is 6.96. The van der Waals surface area contributed by atoms with E-state index in [0.717, 1.165) is 25.3 Å². The predicted octanol–water partition coefficient (Wildman–Crippen LogP) is 2.60. The van der Waals surface area contributed by atoms with Gasteiger partial charge in [-0.1, -0.05) is 20.3 Å². The Morgan fingerprint density at radius 1 is 1.53 bits per heavy atom. The summed E-state index contributed by atoms with van der Waals surface area (Å²) in [6.45, 7) is 5.59. The molecule has 0 aromatic carbocycles. The zero-order valence-corrected chi connectivity index (χ0v) is 11.1. The molecule has 0 aliphatic heterocycles. The van der Waals surface area contributed by atoms with Crippen molar-refractivity contribution in [2.24, 2.45) is 17.6 Å². The molecule has 1 fully saturated rings. The molecule has 3 atom stereocenters. The van der Waals surface area contributed by atoms with E-state index in [4.69, 9.17) is 5.73 Å². The molecule has 1 aliphatic rings. The number of aromatic nitrogens is 2. The molecule has 0 amide bonds. The van der Waals surface area contributed by atoms with Gasteiger partial charge in [-0.15, -0.1) is 0 Å². The standard InChI is InChI=1S/C14H25N3/c1-3-7-17-8-6-16-14(17)10-13(15)12-5-4-11(2)9-12/h6,8,11-13H,3-5,7,9-10,15H2,1-2H3. The zero-order valence-electron chi connectivity index (χ0n) is 11.1. The van der Waals surface area contributed by atoms with Crippen LogP contribution in [0.25, 0.3) is 0 Å². The first kappa shape index (κ1) is 12.6. The largest absolute Gasteiger partial charge is 0.335 e. The lowest BCUT2D eigenvalue weighted by Crippen LogP contribution is -2.32. The highest BCUT2D eigenvalue weighted by molar-refractivity contribution is 4.97. The summed E-state index contributed by atoms with van der Waals surface area (Å²) in [7, 11) is 0. The van der Waals surface area contributed by atoms with Crippen molar-refractivity contribution in [1.29, 1.82) is 0 Å². The van der Waals surface area contributed by atoms with Crippen LogP contribution in [0.3, 0.4) is 0 Å². The van der Waals surface area contributed by atoms with Crippen LogP contribution >= 0.6 is 0 Å². The molecule has 1 saturated carbocycles.